The number of thioether (sulfide) groups is 1. The molecule has 0 saturated carbocycles. The Morgan fingerprint density at radius 1 is 1.23 bits per heavy atom. The van der Waals surface area contributed by atoms with E-state index in [1.54, 1.807) is 33.8 Å². The Morgan fingerprint density at radius 2 is 1.88 bits per heavy atom. The molecule has 1 amide bonds. The van der Waals surface area contributed by atoms with Crippen molar-refractivity contribution < 1.29 is 4.79 Å². The molecule has 0 aromatic carbocycles. The SMILES string of the molecule is CCCCCC1=C(CCCCC)CC(C(=O)Nc2c(Br)cnn2C)SC1. The Kier molecular flexibility index (Phi) is 9.26. The van der Waals surface area contributed by atoms with Crippen LogP contribution in [0.2, 0.25) is 0 Å². The van der Waals surface area contributed by atoms with E-state index >= 15 is 0 Å². The molecule has 0 aliphatic carbocycles. The topological polar surface area (TPSA) is 46.9 Å². The number of carbonyl (C=O) groups is 1. The van der Waals surface area contributed by atoms with Crippen molar-refractivity contribution in [3.8, 4) is 0 Å². The van der Waals surface area contributed by atoms with E-state index < -0.39 is 0 Å². The van der Waals surface area contributed by atoms with Crippen LogP contribution in [0, 0.1) is 0 Å². The number of carbonyl (C=O) groups excluding carboxylic acids is 1. The van der Waals surface area contributed by atoms with Crippen molar-refractivity contribution in [3.63, 3.8) is 0 Å². The van der Waals surface area contributed by atoms with Crippen LogP contribution in [0.25, 0.3) is 0 Å². The number of aromatic nitrogens is 2. The second-order valence-electron chi connectivity index (χ2n) is 7.08. The minimum Gasteiger partial charge on any atom is -0.309 e. The molecule has 2 heterocycles. The molecule has 2 rings (SSSR count). The van der Waals surface area contributed by atoms with E-state index in [-0.39, 0.29) is 11.2 Å². The molecule has 26 heavy (non-hydrogen) atoms. The van der Waals surface area contributed by atoms with Crippen LogP contribution in [0.15, 0.2) is 21.8 Å². The summed E-state index contributed by atoms with van der Waals surface area (Å²) < 4.78 is 2.53. The van der Waals surface area contributed by atoms with Crippen LogP contribution in [-0.4, -0.2) is 26.7 Å². The molecule has 0 radical (unpaired) electrons. The number of halogens is 1. The summed E-state index contributed by atoms with van der Waals surface area (Å²) in [6.07, 6.45) is 12.6. The second-order valence-corrected chi connectivity index (χ2v) is 9.12. The summed E-state index contributed by atoms with van der Waals surface area (Å²) in [5.41, 5.74) is 3.17. The molecule has 0 saturated heterocycles. The first-order valence-corrected chi connectivity index (χ1v) is 11.7. The Bertz CT molecular complexity index is 607. The minimum atomic E-state index is 0.00310. The first-order valence-electron chi connectivity index (χ1n) is 9.86. The van der Waals surface area contributed by atoms with Crippen LogP contribution in [0.4, 0.5) is 5.82 Å². The number of amides is 1. The fourth-order valence-electron chi connectivity index (χ4n) is 3.35. The Labute approximate surface area is 170 Å². The van der Waals surface area contributed by atoms with Gasteiger partial charge in [-0.15, -0.1) is 11.8 Å². The standard InChI is InChI=1S/C20H32BrN3OS/c1-4-6-8-10-15-12-18(26-14-16(15)11-9-7-5-2)20(25)23-19-17(21)13-22-24(19)3/h13,18H,4-12,14H2,1-3H3,(H,23,25). The number of hydrogen-bond acceptors (Lipinski definition) is 3. The number of allylic oxidation sites excluding steroid dienone is 1. The molecule has 1 unspecified atom stereocenters. The lowest BCUT2D eigenvalue weighted by atomic mass is 9.94. The monoisotopic (exact) mass is 441 g/mol. The van der Waals surface area contributed by atoms with Gasteiger partial charge in [-0.05, 0) is 48.0 Å². The highest BCUT2D eigenvalue weighted by molar-refractivity contribution is 9.10. The van der Waals surface area contributed by atoms with Crippen molar-refractivity contribution in [3.05, 3.63) is 21.8 Å². The van der Waals surface area contributed by atoms with Crippen LogP contribution < -0.4 is 5.32 Å². The Hall–Kier alpha value is -0.750. The normalized spacial score (nSPS) is 17.6. The van der Waals surface area contributed by atoms with Gasteiger partial charge < -0.3 is 5.32 Å². The highest BCUT2D eigenvalue weighted by Crippen LogP contribution is 2.36. The zero-order valence-electron chi connectivity index (χ0n) is 16.3. The van der Waals surface area contributed by atoms with E-state index in [2.05, 4.69) is 40.2 Å². The largest absolute Gasteiger partial charge is 0.309 e. The van der Waals surface area contributed by atoms with Crippen molar-refractivity contribution in [2.75, 3.05) is 11.1 Å². The Morgan fingerprint density at radius 3 is 2.46 bits per heavy atom. The van der Waals surface area contributed by atoms with Crippen molar-refractivity contribution in [1.29, 1.82) is 0 Å². The van der Waals surface area contributed by atoms with Gasteiger partial charge in [0.2, 0.25) is 5.91 Å². The van der Waals surface area contributed by atoms with Gasteiger partial charge in [-0.1, -0.05) is 50.7 Å². The van der Waals surface area contributed by atoms with Crippen molar-refractivity contribution in [1.82, 2.24) is 9.78 Å². The predicted octanol–water partition coefficient (Wildman–Crippen LogP) is 6.08. The van der Waals surface area contributed by atoms with E-state index in [1.807, 2.05) is 7.05 Å². The molecule has 1 N–H and O–H groups in total. The molecule has 4 nitrogen and oxygen atoms in total. The average Bonchev–Trinajstić information content (AvgIpc) is 2.95. The number of hydrogen-bond donors (Lipinski definition) is 1. The fraction of sp³-hybridized carbons (Fsp3) is 0.700. The van der Waals surface area contributed by atoms with Gasteiger partial charge >= 0.3 is 0 Å². The molecule has 1 aliphatic rings. The summed E-state index contributed by atoms with van der Waals surface area (Å²) in [6.45, 7) is 4.50. The minimum absolute atomic E-state index is 0.00310. The molecular formula is C20H32BrN3OS. The zero-order chi connectivity index (χ0) is 18.9. The molecule has 0 bridgehead atoms. The summed E-state index contributed by atoms with van der Waals surface area (Å²) in [5, 5.41) is 7.23. The highest BCUT2D eigenvalue weighted by Gasteiger charge is 2.27. The van der Waals surface area contributed by atoms with Gasteiger partial charge in [0.15, 0.2) is 0 Å². The molecule has 6 heteroatoms. The quantitative estimate of drug-likeness (QED) is 0.353. The lowest BCUT2D eigenvalue weighted by Crippen LogP contribution is -2.29. The third-order valence-corrected chi connectivity index (χ3v) is 6.86. The molecule has 1 aromatic heterocycles. The van der Waals surface area contributed by atoms with Crippen LogP contribution in [0.5, 0.6) is 0 Å². The molecule has 1 aliphatic heterocycles. The van der Waals surface area contributed by atoms with E-state index in [1.165, 1.54) is 44.9 Å². The van der Waals surface area contributed by atoms with E-state index in [0.29, 0.717) is 0 Å². The van der Waals surface area contributed by atoms with Crippen LogP contribution in [-0.2, 0) is 11.8 Å². The summed E-state index contributed by atoms with van der Waals surface area (Å²) in [5.74, 6) is 1.84. The number of unbranched alkanes of at least 4 members (excludes halogenated alkanes) is 4. The van der Waals surface area contributed by atoms with Gasteiger partial charge in [0.05, 0.1) is 15.9 Å². The maximum absolute atomic E-state index is 12.8. The third kappa shape index (κ3) is 6.15. The molecule has 1 aromatic rings. The van der Waals surface area contributed by atoms with Crippen molar-refractivity contribution >= 4 is 39.4 Å². The van der Waals surface area contributed by atoms with Crippen molar-refractivity contribution in [2.45, 2.75) is 76.9 Å². The summed E-state index contributed by atoms with van der Waals surface area (Å²) in [6, 6.07) is 0. The van der Waals surface area contributed by atoms with Gasteiger partial charge in [-0.3, -0.25) is 9.48 Å². The highest BCUT2D eigenvalue weighted by atomic mass is 79.9. The number of anilines is 1. The van der Waals surface area contributed by atoms with Crippen LogP contribution in [0.1, 0.15) is 71.6 Å². The summed E-state index contributed by atoms with van der Waals surface area (Å²) in [4.78, 5) is 12.8. The summed E-state index contributed by atoms with van der Waals surface area (Å²) in [7, 11) is 1.84. The lowest BCUT2D eigenvalue weighted by Gasteiger charge is -2.27. The van der Waals surface area contributed by atoms with Crippen molar-refractivity contribution in [2.24, 2.45) is 7.05 Å². The van der Waals surface area contributed by atoms with Gasteiger partial charge in [0.1, 0.15) is 5.82 Å². The van der Waals surface area contributed by atoms with Gasteiger partial charge in [0.25, 0.3) is 0 Å². The summed E-state index contributed by atoms with van der Waals surface area (Å²) >= 11 is 5.25. The smallest absolute Gasteiger partial charge is 0.239 e. The van der Waals surface area contributed by atoms with Gasteiger partial charge in [-0.2, -0.15) is 5.10 Å². The van der Waals surface area contributed by atoms with E-state index in [0.717, 1.165) is 28.9 Å². The van der Waals surface area contributed by atoms with Gasteiger partial charge in [0, 0.05) is 12.8 Å². The van der Waals surface area contributed by atoms with Crippen LogP contribution >= 0.6 is 27.7 Å². The number of rotatable bonds is 10. The first-order chi connectivity index (χ1) is 12.6. The van der Waals surface area contributed by atoms with Crippen LogP contribution in [0.3, 0.4) is 0 Å². The molecule has 0 spiro atoms. The fourth-order valence-corrected chi connectivity index (χ4v) is 5.08. The lowest BCUT2D eigenvalue weighted by molar-refractivity contribution is -0.115. The maximum atomic E-state index is 12.8. The van der Waals surface area contributed by atoms with E-state index in [4.69, 9.17) is 0 Å². The average molecular weight is 442 g/mol. The Balaban J connectivity index is 2.01. The second kappa shape index (κ2) is 11.2. The number of nitrogens with one attached hydrogen (secondary N) is 1. The molecular weight excluding hydrogens is 410 g/mol. The first kappa shape index (κ1) is 21.5. The van der Waals surface area contributed by atoms with E-state index in [9.17, 15) is 4.79 Å². The zero-order valence-corrected chi connectivity index (χ0v) is 18.7. The molecule has 0 fully saturated rings. The van der Waals surface area contributed by atoms with Gasteiger partial charge in [-0.25, -0.2) is 0 Å². The maximum Gasteiger partial charge on any atom is 0.239 e. The number of nitrogens with zero attached hydrogens (tertiary/aromatic N) is 2. The molecule has 146 valence electrons. The number of aryl methyl sites for hydroxylation is 1. The predicted molar refractivity (Wildman–Crippen MR) is 116 cm³/mol. The third-order valence-electron chi connectivity index (χ3n) is 4.98. The molecule has 1 atom stereocenters.